The molecular weight excluding hydrogens is 396 g/mol. The fourth-order valence-corrected chi connectivity index (χ4v) is 3.04. The SMILES string of the molecule is C[C@@H](NC(=S)NC(=O)c1ccc(OCCOc2ccccc2)cc1)c1ccccc1. The molecular formula is C24H24N2O3S. The van der Waals surface area contributed by atoms with Crippen molar-refractivity contribution >= 4 is 23.2 Å². The van der Waals surface area contributed by atoms with E-state index in [9.17, 15) is 4.79 Å². The monoisotopic (exact) mass is 420 g/mol. The lowest BCUT2D eigenvalue weighted by atomic mass is 10.1. The van der Waals surface area contributed by atoms with Gasteiger partial charge in [0.15, 0.2) is 5.11 Å². The van der Waals surface area contributed by atoms with Crippen LogP contribution in [0.2, 0.25) is 0 Å². The highest BCUT2D eigenvalue weighted by Crippen LogP contribution is 2.14. The molecule has 1 amide bonds. The average molecular weight is 421 g/mol. The van der Waals surface area contributed by atoms with Gasteiger partial charge >= 0.3 is 0 Å². The zero-order chi connectivity index (χ0) is 21.2. The number of ether oxygens (including phenoxy) is 2. The number of hydrogen-bond donors (Lipinski definition) is 2. The van der Waals surface area contributed by atoms with Crippen LogP contribution < -0.4 is 20.1 Å². The molecule has 0 heterocycles. The Morgan fingerprint density at radius 2 is 1.37 bits per heavy atom. The second kappa shape index (κ2) is 11.0. The maximum Gasteiger partial charge on any atom is 0.257 e. The summed E-state index contributed by atoms with van der Waals surface area (Å²) >= 11 is 5.26. The van der Waals surface area contributed by atoms with E-state index in [-0.39, 0.29) is 17.1 Å². The Morgan fingerprint density at radius 1 is 0.833 bits per heavy atom. The van der Waals surface area contributed by atoms with Gasteiger partial charge in [0.1, 0.15) is 24.7 Å². The number of nitrogens with one attached hydrogen (secondary N) is 2. The first kappa shape index (κ1) is 21.3. The van der Waals surface area contributed by atoms with Crippen LogP contribution in [-0.2, 0) is 0 Å². The van der Waals surface area contributed by atoms with Gasteiger partial charge in [0.25, 0.3) is 5.91 Å². The van der Waals surface area contributed by atoms with Gasteiger partial charge in [-0.25, -0.2) is 0 Å². The van der Waals surface area contributed by atoms with E-state index < -0.39 is 0 Å². The number of amides is 1. The molecule has 0 fully saturated rings. The molecule has 0 aliphatic heterocycles. The number of hydrogen-bond acceptors (Lipinski definition) is 4. The Labute approximate surface area is 182 Å². The molecule has 0 aliphatic carbocycles. The van der Waals surface area contributed by atoms with Gasteiger partial charge in [-0.3, -0.25) is 10.1 Å². The smallest absolute Gasteiger partial charge is 0.257 e. The van der Waals surface area contributed by atoms with Crippen molar-refractivity contribution in [3.05, 3.63) is 96.1 Å². The van der Waals surface area contributed by atoms with Crippen molar-refractivity contribution in [1.82, 2.24) is 10.6 Å². The molecule has 0 saturated heterocycles. The lowest BCUT2D eigenvalue weighted by molar-refractivity contribution is 0.0976. The van der Waals surface area contributed by atoms with Gasteiger partial charge in [-0.05, 0) is 61.1 Å². The molecule has 2 N–H and O–H groups in total. The van der Waals surface area contributed by atoms with Crippen LogP contribution in [0.25, 0.3) is 0 Å². The van der Waals surface area contributed by atoms with Crippen molar-refractivity contribution in [1.29, 1.82) is 0 Å². The Bertz CT molecular complexity index is 947. The summed E-state index contributed by atoms with van der Waals surface area (Å²) in [4.78, 5) is 12.4. The molecule has 30 heavy (non-hydrogen) atoms. The van der Waals surface area contributed by atoms with Crippen molar-refractivity contribution < 1.29 is 14.3 Å². The summed E-state index contributed by atoms with van der Waals surface area (Å²) in [6.07, 6.45) is 0. The molecule has 6 heteroatoms. The molecule has 0 saturated carbocycles. The van der Waals surface area contributed by atoms with Crippen molar-refractivity contribution in [2.24, 2.45) is 0 Å². The van der Waals surface area contributed by atoms with E-state index in [0.29, 0.717) is 24.5 Å². The third kappa shape index (κ3) is 6.60. The van der Waals surface area contributed by atoms with Crippen molar-refractivity contribution in [2.75, 3.05) is 13.2 Å². The first-order valence-corrected chi connectivity index (χ1v) is 10.1. The molecule has 3 rings (SSSR count). The Balaban J connectivity index is 1.42. The normalized spacial score (nSPS) is 11.2. The van der Waals surface area contributed by atoms with E-state index in [0.717, 1.165) is 11.3 Å². The molecule has 5 nitrogen and oxygen atoms in total. The Hall–Kier alpha value is -3.38. The van der Waals surface area contributed by atoms with E-state index in [1.54, 1.807) is 24.3 Å². The predicted octanol–water partition coefficient (Wildman–Crippen LogP) is 4.51. The number of carbonyl (C=O) groups excluding carboxylic acids is 1. The van der Waals surface area contributed by atoms with E-state index in [4.69, 9.17) is 21.7 Å². The minimum absolute atomic E-state index is 0.00659. The minimum atomic E-state index is -0.272. The number of thiocarbonyl (C=S) groups is 1. The van der Waals surface area contributed by atoms with Crippen molar-refractivity contribution in [3.63, 3.8) is 0 Å². The summed E-state index contributed by atoms with van der Waals surface area (Å²) in [5.41, 5.74) is 1.59. The fourth-order valence-electron chi connectivity index (χ4n) is 2.77. The molecule has 0 aliphatic rings. The zero-order valence-corrected chi connectivity index (χ0v) is 17.5. The summed E-state index contributed by atoms with van der Waals surface area (Å²) in [6, 6.07) is 26.4. The van der Waals surface area contributed by atoms with E-state index >= 15 is 0 Å². The molecule has 154 valence electrons. The largest absolute Gasteiger partial charge is 0.490 e. The van der Waals surface area contributed by atoms with Crippen LogP contribution in [-0.4, -0.2) is 24.2 Å². The van der Waals surface area contributed by atoms with Crippen LogP contribution in [0.4, 0.5) is 0 Å². The summed E-state index contributed by atoms with van der Waals surface area (Å²) in [6.45, 7) is 2.83. The van der Waals surface area contributed by atoms with Gasteiger partial charge in [-0.1, -0.05) is 48.5 Å². The van der Waals surface area contributed by atoms with Crippen LogP contribution >= 0.6 is 12.2 Å². The van der Waals surface area contributed by atoms with Gasteiger partial charge in [-0.15, -0.1) is 0 Å². The molecule has 0 bridgehead atoms. The highest BCUT2D eigenvalue weighted by atomic mass is 32.1. The van der Waals surface area contributed by atoms with Crippen LogP contribution in [0.15, 0.2) is 84.9 Å². The number of para-hydroxylation sites is 1. The van der Waals surface area contributed by atoms with Crippen molar-refractivity contribution in [3.8, 4) is 11.5 Å². The first-order chi connectivity index (χ1) is 14.6. The van der Waals surface area contributed by atoms with E-state index in [1.165, 1.54) is 0 Å². The highest BCUT2D eigenvalue weighted by Gasteiger charge is 2.11. The topological polar surface area (TPSA) is 59.6 Å². The van der Waals surface area contributed by atoms with E-state index in [1.807, 2.05) is 67.6 Å². The first-order valence-electron chi connectivity index (χ1n) is 9.69. The van der Waals surface area contributed by atoms with Crippen molar-refractivity contribution in [2.45, 2.75) is 13.0 Å². The third-order valence-corrected chi connectivity index (χ3v) is 4.57. The fraction of sp³-hybridized carbons (Fsp3) is 0.167. The molecule has 0 unspecified atom stereocenters. The molecule has 3 aromatic carbocycles. The quantitative estimate of drug-likeness (QED) is 0.415. The third-order valence-electron chi connectivity index (χ3n) is 4.35. The maximum atomic E-state index is 12.4. The molecule has 1 atom stereocenters. The lowest BCUT2D eigenvalue weighted by Crippen LogP contribution is -2.40. The summed E-state index contributed by atoms with van der Waals surface area (Å²) in [5, 5.41) is 6.11. The van der Waals surface area contributed by atoms with Gasteiger partial charge in [0.2, 0.25) is 0 Å². The van der Waals surface area contributed by atoms with Crippen LogP contribution in [0.5, 0.6) is 11.5 Å². The second-order valence-electron chi connectivity index (χ2n) is 6.59. The Morgan fingerprint density at radius 3 is 1.97 bits per heavy atom. The van der Waals surface area contributed by atoms with Gasteiger partial charge < -0.3 is 14.8 Å². The standard InChI is InChI=1S/C24H24N2O3S/c1-18(19-8-4-2-5-9-19)25-24(30)26-23(27)20-12-14-22(15-13-20)29-17-16-28-21-10-6-3-7-11-21/h2-15,18H,16-17H2,1H3,(H2,25,26,27,30)/t18-/m1/s1. The van der Waals surface area contributed by atoms with Crippen LogP contribution in [0.1, 0.15) is 28.9 Å². The summed E-state index contributed by atoms with van der Waals surface area (Å²) in [5.74, 6) is 1.20. The summed E-state index contributed by atoms with van der Waals surface area (Å²) in [7, 11) is 0. The number of rotatable bonds is 8. The molecule has 0 spiro atoms. The molecule has 0 radical (unpaired) electrons. The summed E-state index contributed by atoms with van der Waals surface area (Å²) < 4.78 is 11.2. The van der Waals surface area contributed by atoms with E-state index in [2.05, 4.69) is 10.6 Å². The van der Waals surface area contributed by atoms with Crippen LogP contribution in [0, 0.1) is 0 Å². The molecule has 0 aromatic heterocycles. The maximum absolute atomic E-state index is 12.4. The van der Waals surface area contributed by atoms with Crippen LogP contribution in [0.3, 0.4) is 0 Å². The highest BCUT2D eigenvalue weighted by molar-refractivity contribution is 7.80. The molecule has 3 aromatic rings. The lowest BCUT2D eigenvalue weighted by Gasteiger charge is -2.16. The van der Waals surface area contributed by atoms with Gasteiger partial charge in [-0.2, -0.15) is 0 Å². The Kier molecular flexibility index (Phi) is 7.80. The predicted molar refractivity (Wildman–Crippen MR) is 122 cm³/mol. The number of carbonyl (C=O) groups is 1. The number of benzene rings is 3. The van der Waals surface area contributed by atoms with Gasteiger partial charge in [0, 0.05) is 5.56 Å². The minimum Gasteiger partial charge on any atom is -0.490 e. The second-order valence-corrected chi connectivity index (χ2v) is 7.00. The average Bonchev–Trinajstić information content (AvgIpc) is 2.78. The van der Waals surface area contributed by atoms with Gasteiger partial charge in [0.05, 0.1) is 6.04 Å². The zero-order valence-electron chi connectivity index (χ0n) is 16.7.